The quantitative estimate of drug-likeness (QED) is 0.444. The molecule has 0 aliphatic carbocycles. The number of ether oxygens (including phenoxy) is 1. The van der Waals surface area contributed by atoms with Gasteiger partial charge >= 0.3 is 0 Å². The highest BCUT2D eigenvalue weighted by Crippen LogP contribution is 2.37. The van der Waals surface area contributed by atoms with Gasteiger partial charge in [0, 0.05) is 19.0 Å². The van der Waals surface area contributed by atoms with Crippen LogP contribution in [0.4, 0.5) is 0 Å². The summed E-state index contributed by atoms with van der Waals surface area (Å²) in [6, 6.07) is 15.6. The maximum Gasteiger partial charge on any atom is 0.227 e. The molecule has 180 valence electrons. The summed E-state index contributed by atoms with van der Waals surface area (Å²) in [7, 11) is 5.29. The van der Waals surface area contributed by atoms with Gasteiger partial charge in [0.2, 0.25) is 17.1 Å². The van der Waals surface area contributed by atoms with Crippen LogP contribution in [0.15, 0.2) is 63.8 Å². The average molecular weight is 467 g/mol. The van der Waals surface area contributed by atoms with E-state index in [4.69, 9.17) is 9.15 Å². The van der Waals surface area contributed by atoms with Gasteiger partial charge in [0.1, 0.15) is 5.76 Å². The summed E-state index contributed by atoms with van der Waals surface area (Å²) in [6.45, 7) is 1.96. The minimum absolute atomic E-state index is 0.0138. The Morgan fingerprint density at radius 2 is 1.79 bits per heavy atom. The molecule has 34 heavy (non-hydrogen) atoms. The number of carbonyl (C=O) groups is 1. The maximum atomic E-state index is 13.0. The largest absolute Gasteiger partial charge is 0.504 e. The first-order chi connectivity index (χ1) is 16.2. The van der Waals surface area contributed by atoms with Crippen LogP contribution in [-0.4, -0.2) is 48.8 Å². The smallest absolute Gasteiger partial charge is 0.227 e. The van der Waals surface area contributed by atoms with E-state index in [9.17, 15) is 19.8 Å². The molecule has 1 aromatic heterocycles. The Bertz CT molecular complexity index is 1190. The van der Waals surface area contributed by atoms with Crippen LogP contribution in [-0.2, 0) is 4.79 Å². The summed E-state index contributed by atoms with van der Waals surface area (Å²) >= 11 is 0. The predicted molar refractivity (Wildman–Crippen MR) is 128 cm³/mol. The van der Waals surface area contributed by atoms with Crippen molar-refractivity contribution in [3.05, 3.63) is 87.5 Å². The van der Waals surface area contributed by atoms with Gasteiger partial charge in [-0.25, -0.2) is 0 Å². The van der Waals surface area contributed by atoms with Crippen LogP contribution < -0.4 is 15.5 Å². The summed E-state index contributed by atoms with van der Waals surface area (Å²) in [5.41, 5.74) is 1.02. The number of rotatable bonds is 9. The third kappa shape index (κ3) is 5.77. The highest BCUT2D eigenvalue weighted by Gasteiger charge is 2.27. The van der Waals surface area contributed by atoms with Crippen molar-refractivity contribution in [3.8, 4) is 17.2 Å². The number of phenols is 1. The van der Waals surface area contributed by atoms with Gasteiger partial charge in [0.15, 0.2) is 17.3 Å². The van der Waals surface area contributed by atoms with E-state index >= 15 is 0 Å². The van der Waals surface area contributed by atoms with Gasteiger partial charge in [-0.2, -0.15) is 0 Å². The van der Waals surface area contributed by atoms with Gasteiger partial charge in [-0.15, -0.1) is 0 Å². The van der Waals surface area contributed by atoms with E-state index in [1.165, 1.54) is 19.2 Å². The topological polar surface area (TPSA) is 112 Å². The molecule has 0 bridgehead atoms. The van der Waals surface area contributed by atoms with Crippen LogP contribution in [0.1, 0.15) is 41.0 Å². The molecule has 8 heteroatoms. The maximum absolute atomic E-state index is 13.0. The van der Waals surface area contributed by atoms with Crippen molar-refractivity contribution >= 4 is 5.91 Å². The number of nitrogens with one attached hydrogen (secondary N) is 1. The highest BCUT2D eigenvalue weighted by atomic mass is 16.5. The Morgan fingerprint density at radius 1 is 1.09 bits per heavy atom. The lowest BCUT2D eigenvalue weighted by Crippen LogP contribution is -2.35. The van der Waals surface area contributed by atoms with Gasteiger partial charge in [-0.1, -0.05) is 36.4 Å². The Labute approximate surface area is 198 Å². The Morgan fingerprint density at radius 3 is 2.44 bits per heavy atom. The number of likely N-dealkylation sites (N-methyl/N-ethyl adjacent to an activating group) is 1. The number of aromatic hydroxyl groups is 2. The van der Waals surface area contributed by atoms with Crippen LogP contribution >= 0.6 is 0 Å². The van der Waals surface area contributed by atoms with E-state index < -0.39 is 17.1 Å². The molecular weight excluding hydrogens is 436 g/mol. The van der Waals surface area contributed by atoms with E-state index in [0.717, 1.165) is 5.56 Å². The zero-order chi connectivity index (χ0) is 24.8. The zero-order valence-electron chi connectivity index (χ0n) is 19.7. The van der Waals surface area contributed by atoms with Crippen LogP contribution in [0, 0.1) is 6.92 Å². The van der Waals surface area contributed by atoms with Crippen molar-refractivity contribution < 1.29 is 24.2 Å². The SMILES string of the molecule is COc1cc([C@H](CC(=O)NC[C@@H](c2ccccc2)N(C)C)c2oc(C)cc(=O)c2O)ccc1O. The van der Waals surface area contributed by atoms with Crippen molar-refractivity contribution in [2.75, 3.05) is 27.7 Å². The van der Waals surface area contributed by atoms with Gasteiger partial charge in [0.25, 0.3) is 0 Å². The number of hydrogen-bond donors (Lipinski definition) is 3. The van der Waals surface area contributed by atoms with Crippen LogP contribution in [0.5, 0.6) is 17.2 Å². The normalized spacial score (nSPS) is 12.9. The molecule has 1 heterocycles. The molecule has 3 aromatic rings. The van der Waals surface area contributed by atoms with Gasteiger partial charge in [-0.05, 0) is 44.3 Å². The van der Waals surface area contributed by atoms with E-state index in [-0.39, 0.29) is 35.6 Å². The van der Waals surface area contributed by atoms with E-state index in [1.54, 1.807) is 19.1 Å². The van der Waals surface area contributed by atoms with Gasteiger partial charge in [-0.3, -0.25) is 9.59 Å². The number of methoxy groups -OCH3 is 1. The fourth-order valence-electron chi connectivity index (χ4n) is 3.88. The molecule has 2 aromatic carbocycles. The number of benzene rings is 2. The summed E-state index contributed by atoms with van der Waals surface area (Å²) in [6.07, 6.45) is -0.0944. The number of carbonyl (C=O) groups excluding carboxylic acids is 1. The number of aryl methyl sites for hydroxylation is 1. The molecule has 0 spiro atoms. The second kappa shape index (κ2) is 10.9. The van der Waals surface area contributed by atoms with Crippen molar-refractivity contribution in [1.29, 1.82) is 0 Å². The van der Waals surface area contributed by atoms with Crippen molar-refractivity contribution in [1.82, 2.24) is 10.2 Å². The first-order valence-electron chi connectivity index (χ1n) is 10.9. The van der Waals surface area contributed by atoms with Crippen LogP contribution in [0.25, 0.3) is 0 Å². The molecule has 0 saturated heterocycles. The molecule has 0 aliphatic heterocycles. The predicted octanol–water partition coefficient (Wildman–Crippen LogP) is 3.31. The average Bonchev–Trinajstić information content (AvgIpc) is 2.81. The zero-order valence-corrected chi connectivity index (χ0v) is 19.7. The standard InChI is InChI=1S/C26H30N2O6/c1-16-12-22(30)25(32)26(34-16)19(18-10-11-21(29)23(13-18)33-4)14-24(31)27-15-20(28(2)3)17-8-6-5-7-9-17/h5-13,19-20,29,32H,14-15H2,1-4H3,(H,27,31)/t19-,20-/m0/s1. The fraction of sp³-hybridized carbons (Fsp3) is 0.308. The minimum atomic E-state index is -0.781. The molecule has 8 nitrogen and oxygen atoms in total. The third-order valence-corrected chi connectivity index (χ3v) is 5.68. The van der Waals surface area contributed by atoms with Crippen LogP contribution in [0.2, 0.25) is 0 Å². The molecule has 0 fully saturated rings. The third-order valence-electron chi connectivity index (χ3n) is 5.68. The second-order valence-electron chi connectivity index (χ2n) is 8.32. The summed E-state index contributed by atoms with van der Waals surface area (Å²) in [4.78, 5) is 27.3. The van der Waals surface area contributed by atoms with E-state index in [2.05, 4.69) is 5.32 Å². The molecule has 0 unspecified atom stereocenters. The Balaban J connectivity index is 1.90. The Hall–Kier alpha value is -3.78. The van der Waals surface area contributed by atoms with Crippen molar-refractivity contribution in [2.45, 2.75) is 25.3 Å². The van der Waals surface area contributed by atoms with Gasteiger partial charge in [0.05, 0.1) is 19.1 Å². The molecular formula is C26H30N2O6. The van der Waals surface area contributed by atoms with E-state index in [1.807, 2.05) is 49.3 Å². The Kier molecular flexibility index (Phi) is 7.96. The summed E-state index contributed by atoms with van der Waals surface area (Å²) in [5.74, 6) is -1.19. The highest BCUT2D eigenvalue weighted by molar-refractivity contribution is 5.77. The second-order valence-corrected chi connectivity index (χ2v) is 8.32. The number of amides is 1. The minimum Gasteiger partial charge on any atom is -0.504 e. The van der Waals surface area contributed by atoms with Gasteiger partial charge < -0.3 is 29.6 Å². The first kappa shape index (κ1) is 24.9. The number of phenolic OH excluding ortho intramolecular Hbond substituents is 1. The fourth-order valence-corrected chi connectivity index (χ4v) is 3.88. The molecule has 0 aliphatic rings. The monoisotopic (exact) mass is 466 g/mol. The lowest BCUT2D eigenvalue weighted by molar-refractivity contribution is -0.121. The number of hydrogen-bond acceptors (Lipinski definition) is 7. The van der Waals surface area contributed by atoms with Crippen molar-refractivity contribution in [3.63, 3.8) is 0 Å². The van der Waals surface area contributed by atoms with Crippen LogP contribution in [0.3, 0.4) is 0 Å². The lowest BCUT2D eigenvalue weighted by Gasteiger charge is -2.25. The van der Waals surface area contributed by atoms with E-state index in [0.29, 0.717) is 17.9 Å². The molecule has 3 N–H and O–H groups in total. The number of nitrogens with zero attached hydrogens (tertiary/aromatic N) is 1. The molecule has 2 atom stereocenters. The molecule has 3 rings (SSSR count). The molecule has 0 radical (unpaired) electrons. The molecule has 1 amide bonds. The molecule has 0 saturated carbocycles. The summed E-state index contributed by atoms with van der Waals surface area (Å²) < 4.78 is 10.9. The first-order valence-corrected chi connectivity index (χ1v) is 10.9. The van der Waals surface area contributed by atoms with Crippen molar-refractivity contribution in [2.24, 2.45) is 0 Å². The summed E-state index contributed by atoms with van der Waals surface area (Å²) in [5, 5.41) is 23.4. The lowest BCUT2D eigenvalue weighted by atomic mass is 9.91.